The summed E-state index contributed by atoms with van der Waals surface area (Å²) >= 11 is 5.98. The van der Waals surface area contributed by atoms with Crippen molar-refractivity contribution in [3.05, 3.63) is 34.9 Å². The number of rotatable bonds is 12. The quantitative estimate of drug-likeness (QED) is 0.324. The first-order valence-electron chi connectivity index (χ1n) is 13.1. The van der Waals surface area contributed by atoms with Crippen molar-refractivity contribution in [2.24, 2.45) is 10.4 Å². The molecule has 3 fully saturated rings. The summed E-state index contributed by atoms with van der Waals surface area (Å²) in [6, 6.07) is 5.81. The van der Waals surface area contributed by atoms with Gasteiger partial charge in [-0.2, -0.15) is 17.5 Å². The van der Waals surface area contributed by atoms with Crippen LogP contribution in [0.3, 0.4) is 0 Å². The Balaban J connectivity index is 1.48. The van der Waals surface area contributed by atoms with Gasteiger partial charge in [-0.3, -0.25) is 9.79 Å². The fraction of sp³-hybridized carbons (Fsp3) is 0.692. The van der Waals surface area contributed by atoms with Crippen LogP contribution in [0.2, 0.25) is 5.02 Å². The highest BCUT2D eigenvalue weighted by Gasteiger charge is 2.75. The predicted octanol–water partition coefficient (Wildman–Crippen LogP) is 5.05. The van der Waals surface area contributed by atoms with E-state index in [1.165, 1.54) is 4.31 Å². The Kier molecular flexibility index (Phi) is 8.03. The second kappa shape index (κ2) is 10.4. The van der Waals surface area contributed by atoms with Gasteiger partial charge in [-0.15, -0.1) is 0 Å². The van der Waals surface area contributed by atoms with Crippen LogP contribution in [0, 0.1) is 5.41 Å². The number of amidine groups is 1. The lowest BCUT2D eigenvalue weighted by Gasteiger charge is -2.73. The van der Waals surface area contributed by atoms with Gasteiger partial charge in [0, 0.05) is 35.5 Å². The molecule has 3 aliphatic carbocycles. The molecule has 2 N–H and O–H groups in total. The predicted molar refractivity (Wildman–Crippen MR) is 142 cm³/mol. The van der Waals surface area contributed by atoms with Crippen molar-refractivity contribution in [2.45, 2.75) is 95.1 Å². The van der Waals surface area contributed by atoms with E-state index in [1.807, 2.05) is 0 Å². The molecule has 7 nitrogen and oxygen atoms in total. The number of carbonyl (C=O) groups is 1. The largest absolute Gasteiger partial charge is 0.390 e. The number of benzene rings is 1. The number of nitrogens with zero attached hydrogens (tertiary/aromatic N) is 2. The molecule has 0 aromatic heterocycles. The van der Waals surface area contributed by atoms with Crippen LogP contribution in [0.25, 0.3) is 0 Å². The average molecular weight is 613 g/mol. The number of hydrogen-bond acceptors (Lipinski definition) is 5. The Labute approximate surface area is 236 Å². The molecular formula is C26H34ClF5N4O3S. The third kappa shape index (κ3) is 6.56. The molecule has 40 heavy (non-hydrogen) atoms. The number of nitrogens with one attached hydrogen (secondary N) is 2. The van der Waals surface area contributed by atoms with Gasteiger partial charge in [0.25, 0.3) is 0 Å². The summed E-state index contributed by atoms with van der Waals surface area (Å²) in [6.45, 7) is 3.75. The lowest BCUT2D eigenvalue weighted by atomic mass is 9.38. The van der Waals surface area contributed by atoms with E-state index in [0.717, 1.165) is 6.92 Å². The molecule has 1 amide bonds. The van der Waals surface area contributed by atoms with Gasteiger partial charge in [0.15, 0.2) is 6.04 Å². The van der Waals surface area contributed by atoms with E-state index in [-0.39, 0.29) is 13.0 Å². The number of alkyl halides is 5. The molecule has 14 heteroatoms. The van der Waals surface area contributed by atoms with Gasteiger partial charge in [0.05, 0.1) is 17.7 Å². The van der Waals surface area contributed by atoms with Gasteiger partial charge < -0.3 is 10.6 Å². The maximum absolute atomic E-state index is 13.5. The molecule has 1 aliphatic heterocycles. The molecule has 2 bridgehead atoms. The van der Waals surface area contributed by atoms with Crippen molar-refractivity contribution in [1.82, 2.24) is 14.9 Å². The zero-order valence-corrected chi connectivity index (χ0v) is 24.1. The molecule has 3 saturated carbocycles. The first-order valence-corrected chi connectivity index (χ1v) is 15.1. The minimum atomic E-state index is -4.39. The van der Waals surface area contributed by atoms with Crippen LogP contribution in [0.4, 0.5) is 22.0 Å². The van der Waals surface area contributed by atoms with Crippen molar-refractivity contribution in [3.63, 3.8) is 0 Å². The Hall–Kier alpha value is -1.99. The Morgan fingerprint density at radius 3 is 2.27 bits per heavy atom. The zero-order valence-electron chi connectivity index (χ0n) is 22.5. The number of carbonyl (C=O) groups excluding carboxylic acids is 1. The summed E-state index contributed by atoms with van der Waals surface area (Å²) in [5, 5.41) is 6.06. The van der Waals surface area contributed by atoms with E-state index in [2.05, 4.69) is 15.6 Å². The SMILES string of the molecule is CC(F)(F)CCCS(=O)(=O)N(Cc1ccc(Cl)cc1)C12CC(C3=N[C@@H](C(=O)NCCC(F)(F)F)C(C)(C)N3)(C1)C2. The summed E-state index contributed by atoms with van der Waals surface area (Å²) < 4.78 is 92.6. The first-order chi connectivity index (χ1) is 18.3. The normalized spacial score (nSPS) is 27.4. The van der Waals surface area contributed by atoms with Gasteiger partial charge in [-0.05, 0) is 64.2 Å². The number of halogens is 6. The van der Waals surface area contributed by atoms with Gasteiger partial charge in [-0.25, -0.2) is 17.2 Å². The summed E-state index contributed by atoms with van der Waals surface area (Å²) in [5.41, 5.74) is -1.33. The second-order valence-corrected chi connectivity index (χ2v) is 14.5. The fourth-order valence-corrected chi connectivity index (χ4v) is 8.00. The Morgan fingerprint density at radius 2 is 1.73 bits per heavy atom. The maximum atomic E-state index is 13.5. The van der Waals surface area contributed by atoms with Gasteiger partial charge in [0.2, 0.25) is 21.9 Å². The average Bonchev–Trinajstić information content (AvgIpc) is 3.05. The summed E-state index contributed by atoms with van der Waals surface area (Å²) in [7, 11) is -3.90. The lowest BCUT2D eigenvalue weighted by Crippen LogP contribution is -2.78. The van der Waals surface area contributed by atoms with Crippen LogP contribution in [-0.2, 0) is 21.4 Å². The van der Waals surface area contributed by atoms with Crippen LogP contribution in [0.1, 0.15) is 64.9 Å². The Morgan fingerprint density at radius 1 is 1.12 bits per heavy atom. The van der Waals surface area contributed by atoms with Gasteiger partial charge in [-0.1, -0.05) is 23.7 Å². The fourth-order valence-electron chi connectivity index (χ4n) is 6.02. The standard InChI is InChI=1S/C26H34ClF5N4O3S/c1-22(2)19(20(37)33-11-10-26(30,31)32)34-21(35-22)24-14-25(15-24,16-24)36(13-17-5-7-18(27)8-6-17)40(38,39)12-4-9-23(3,28)29/h5-8,19H,4,9-16H2,1-3H3,(H,33,37)(H,34,35)/t19-,24?,25?/m0/s1. The zero-order chi connectivity index (χ0) is 29.8. The topological polar surface area (TPSA) is 90.9 Å². The lowest BCUT2D eigenvalue weighted by molar-refractivity contribution is -0.151. The van der Waals surface area contributed by atoms with Crippen molar-refractivity contribution in [1.29, 1.82) is 0 Å². The smallest absolute Gasteiger partial charge is 0.366 e. The minimum absolute atomic E-state index is 0.0632. The molecule has 4 aliphatic rings. The molecule has 5 rings (SSSR count). The first kappa shape index (κ1) is 31.0. The van der Waals surface area contributed by atoms with E-state index in [4.69, 9.17) is 11.6 Å². The van der Waals surface area contributed by atoms with E-state index in [9.17, 15) is 35.2 Å². The van der Waals surface area contributed by atoms with Crippen molar-refractivity contribution < 1.29 is 35.2 Å². The number of amides is 1. The van der Waals surface area contributed by atoms with Crippen LogP contribution in [0.15, 0.2) is 29.3 Å². The van der Waals surface area contributed by atoms with Crippen LogP contribution in [-0.4, -0.2) is 66.0 Å². The monoisotopic (exact) mass is 612 g/mol. The number of hydrogen-bond donors (Lipinski definition) is 2. The van der Waals surface area contributed by atoms with Gasteiger partial charge in [0.1, 0.15) is 5.84 Å². The van der Waals surface area contributed by atoms with Crippen molar-refractivity contribution in [2.75, 3.05) is 12.3 Å². The molecule has 0 unspecified atom stereocenters. The summed E-state index contributed by atoms with van der Waals surface area (Å²) in [6.07, 6.45) is -4.96. The summed E-state index contributed by atoms with van der Waals surface area (Å²) in [5.74, 6) is -3.45. The highest BCUT2D eigenvalue weighted by molar-refractivity contribution is 7.89. The highest BCUT2D eigenvalue weighted by atomic mass is 35.5. The molecule has 1 aromatic rings. The van der Waals surface area contributed by atoms with E-state index < -0.39 is 75.7 Å². The molecule has 1 atom stereocenters. The van der Waals surface area contributed by atoms with E-state index in [0.29, 0.717) is 35.7 Å². The third-order valence-electron chi connectivity index (χ3n) is 7.97. The van der Waals surface area contributed by atoms with Crippen molar-refractivity contribution >= 4 is 33.4 Å². The van der Waals surface area contributed by atoms with Crippen LogP contribution in [0.5, 0.6) is 0 Å². The van der Waals surface area contributed by atoms with Crippen LogP contribution < -0.4 is 10.6 Å². The second-order valence-electron chi connectivity index (χ2n) is 12.0. The molecule has 0 spiro atoms. The molecule has 0 radical (unpaired) electrons. The summed E-state index contributed by atoms with van der Waals surface area (Å²) in [4.78, 5) is 17.2. The number of aliphatic imine (C=N–C) groups is 1. The Bertz CT molecular complexity index is 1240. The highest BCUT2D eigenvalue weighted by Crippen LogP contribution is 2.71. The van der Waals surface area contributed by atoms with E-state index >= 15 is 0 Å². The molecule has 1 heterocycles. The molecular weight excluding hydrogens is 579 g/mol. The third-order valence-corrected chi connectivity index (χ3v) is 10.2. The maximum Gasteiger partial charge on any atom is 0.390 e. The molecule has 1 aromatic carbocycles. The molecule has 0 saturated heterocycles. The van der Waals surface area contributed by atoms with E-state index in [1.54, 1.807) is 38.1 Å². The number of sulfonamides is 1. The minimum Gasteiger partial charge on any atom is -0.366 e. The van der Waals surface area contributed by atoms with Gasteiger partial charge >= 0.3 is 6.18 Å². The van der Waals surface area contributed by atoms with Crippen LogP contribution >= 0.6 is 11.6 Å². The molecule has 224 valence electrons. The van der Waals surface area contributed by atoms with Crippen molar-refractivity contribution in [3.8, 4) is 0 Å².